The zero-order valence-electron chi connectivity index (χ0n) is 22.1. The van der Waals surface area contributed by atoms with Gasteiger partial charge in [0.05, 0.1) is 34.7 Å². The number of hydrogen-bond acceptors (Lipinski definition) is 10. The first-order valence-corrected chi connectivity index (χ1v) is 12.7. The molecular formula is C25H28BrFN6O7. The number of carbonyl (C=O) groups excluding carboxylic acids is 2. The van der Waals surface area contributed by atoms with Gasteiger partial charge in [0.25, 0.3) is 0 Å². The number of ether oxygens (including phenoxy) is 3. The molecule has 3 aromatic rings. The molecular weight excluding hydrogens is 595 g/mol. The molecule has 1 unspecified atom stereocenters. The highest BCUT2D eigenvalue weighted by molar-refractivity contribution is 9.10. The van der Waals surface area contributed by atoms with Gasteiger partial charge in [-0.15, -0.1) is 0 Å². The second-order valence-electron chi connectivity index (χ2n) is 9.36. The number of nitrogens with zero attached hydrogens (tertiary/aromatic N) is 3. The van der Waals surface area contributed by atoms with E-state index in [-0.39, 0.29) is 48.1 Å². The van der Waals surface area contributed by atoms with E-state index in [0.717, 1.165) is 0 Å². The van der Waals surface area contributed by atoms with Crippen LogP contribution in [0.4, 0.5) is 26.4 Å². The summed E-state index contributed by atoms with van der Waals surface area (Å²) in [6.07, 6.45) is 0.441. The number of nitrogens with one attached hydrogen (secondary N) is 3. The monoisotopic (exact) mass is 622 g/mol. The number of rotatable bonds is 11. The quantitative estimate of drug-likeness (QED) is 0.160. The third kappa shape index (κ3) is 8.44. The van der Waals surface area contributed by atoms with Crippen molar-refractivity contribution in [1.29, 1.82) is 0 Å². The van der Waals surface area contributed by atoms with Crippen LogP contribution in [0, 0.1) is 15.9 Å². The lowest BCUT2D eigenvalue weighted by Gasteiger charge is -2.23. The predicted molar refractivity (Wildman–Crippen MR) is 147 cm³/mol. The molecule has 1 atom stereocenters. The molecule has 0 fully saturated rings. The van der Waals surface area contributed by atoms with Crippen molar-refractivity contribution in [3.63, 3.8) is 0 Å². The third-order valence-corrected chi connectivity index (χ3v) is 5.59. The van der Waals surface area contributed by atoms with Crippen molar-refractivity contribution < 1.29 is 33.1 Å². The molecule has 15 heteroatoms. The number of aromatic nitrogens is 2. The van der Waals surface area contributed by atoms with Crippen LogP contribution in [0.15, 0.2) is 41.1 Å². The van der Waals surface area contributed by atoms with Gasteiger partial charge in [-0.3, -0.25) is 14.9 Å². The average Bonchev–Trinajstić information content (AvgIpc) is 2.86. The summed E-state index contributed by atoms with van der Waals surface area (Å²) in [5.74, 6) is -1.04. The minimum atomic E-state index is -1.03. The second-order valence-corrected chi connectivity index (χ2v) is 10.3. The Morgan fingerprint density at radius 1 is 1.20 bits per heavy atom. The van der Waals surface area contributed by atoms with Crippen LogP contribution >= 0.6 is 15.9 Å². The molecule has 1 aromatic heterocycles. The Hall–Kier alpha value is -4.11. The maximum absolute atomic E-state index is 14.3. The number of halogens is 2. The van der Waals surface area contributed by atoms with Crippen LogP contribution in [0.3, 0.4) is 0 Å². The van der Waals surface area contributed by atoms with Gasteiger partial charge < -0.3 is 30.2 Å². The molecule has 0 aliphatic carbocycles. The largest absolute Gasteiger partial charge is 0.485 e. The Kier molecular flexibility index (Phi) is 10.1. The van der Waals surface area contributed by atoms with Crippen LogP contribution in [-0.2, 0) is 14.3 Å². The maximum atomic E-state index is 14.3. The molecule has 0 aliphatic rings. The first kappa shape index (κ1) is 30.4. The molecule has 40 heavy (non-hydrogen) atoms. The van der Waals surface area contributed by atoms with Crippen LogP contribution in [-0.4, -0.2) is 65.4 Å². The highest BCUT2D eigenvalue weighted by atomic mass is 79.9. The van der Waals surface area contributed by atoms with Crippen LogP contribution in [0.5, 0.6) is 5.75 Å². The lowest BCUT2D eigenvalue weighted by atomic mass is 10.2. The van der Waals surface area contributed by atoms with Gasteiger partial charge in [-0.1, -0.05) is 15.9 Å². The van der Waals surface area contributed by atoms with Crippen LogP contribution < -0.4 is 20.7 Å². The number of fused-ring (bicyclic) bond motifs is 1. The highest BCUT2D eigenvalue weighted by Crippen LogP contribution is 2.35. The maximum Gasteiger partial charge on any atom is 0.408 e. The molecule has 0 saturated heterocycles. The molecule has 3 N–H and O–H groups in total. The van der Waals surface area contributed by atoms with Crippen LogP contribution in [0.2, 0.25) is 0 Å². The van der Waals surface area contributed by atoms with E-state index in [1.165, 1.54) is 37.7 Å². The average molecular weight is 623 g/mol. The van der Waals surface area contributed by atoms with E-state index in [1.54, 1.807) is 26.8 Å². The van der Waals surface area contributed by atoms with Crippen molar-refractivity contribution in [3.8, 4) is 5.75 Å². The van der Waals surface area contributed by atoms with E-state index >= 15 is 0 Å². The Bertz CT molecular complexity index is 1400. The van der Waals surface area contributed by atoms with Gasteiger partial charge in [-0.2, -0.15) is 0 Å². The number of alkyl carbamates (subject to hydrolysis) is 1. The zero-order chi connectivity index (χ0) is 29.4. The fourth-order valence-corrected chi connectivity index (χ4v) is 3.74. The van der Waals surface area contributed by atoms with E-state index < -0.39 is 34.4 Å². The van der Waals surface area contributed by atoms with Crippen molar-refractivity contribution in [2.45, 2.75) is 32.4 Å². The standard InChI is InChI=1S/C25H28BrFN6O7/c1-25(2,3)40-24(35)32-19(12-38-4)23(34)28-7-8-39-21-11-18-15(10-20(21)33(36)37)22(30-13-29-18)31-17-6-5-14(26)9-16(17)27/h5-6,9-11,13,19H,7-8,12H2,1-4H3,(H,28,34)(H,32,35)(H,29,30,31). The second kappa shape index (κ2) is 13.3. The lowest BCUT2D eigenvalue weighted by molar-refractivity contribution is -0.385. The van der Waals surface area contributed by atoms with E-state index in [9.17, 15) is 24.1 Å². The summed E-state index contributed by atoms with van der Waals surface area (Å²) >= 11 is 3.19. The summed E-state index contributed by atoms with van der Waals surface area (Å²) in [7, 11) is 1.37. The number of nitro groups is 1. The molecule has 2 amide bonds. The minimum absolute atomic E-state index is 0.0380. The SMILES string of the molecule is COCC(NC(=O)OC(C)(C)C)C(=O)NCCOc1cc2ncnc(Nc3ccc(Br)cc3F)c2cc1[N+](=O)[O-]. The predicted octanol–water partition coefficient (Wildman–Crippen LogP) is 4.22. The van der Waals surface area contributed by atoms with Crippen molar-refractivity contribution in [2.75, 3.05) is 32.2 Å². The fourth-order valence-electron chi connectivity index (χ4n) is 3.41. The number of benzene rings is 2. The van der Waals surface area contributed by atoms with Crippen molar-refractivity contribution in [3.05, 3.63) is 57.1 Å². The number of methoxy groups -OCH3 is 1. The number of hydrogen-bond donors (Lipinski definition) is 3. The van der Waals surface area contributed by atoms with Gasteiger partial charge in [-0.25, -0.2) is 19.2 Å². The van der Waals surface area contributed by atoms with Gasteiger partial charge in [-0.05, 0) is 39.0 Å². The molecule has 0 bridgehead atoms. The fraction of sp³-hybridized carbons (Fsp3) is 0.360. The summed E-state index contributed by atoms with van der Waals surface area (Å²) in [5, 5.41) is 19.9. The van der Waals surface area contributed by atoms with E-state index in [1.807, 2.05) is 0 Å². The van der Waals surface area contributed by atoms with Gasteiger partial charge in [0.1, 0.15) is 36.2 Å². The smallest absolute Gasteiger partial charge is 0.408 e. The van der Waals surface area contributed by atoms with Crippen molar-refractivity contribution in [2.24, 2.45) is 0 Å². The molecule has 0 aliphatic heterocycles. The zero-order valence-corrected chi connectivity index (χ0v) is 23.7. The summed E-state index contributed by atoms with van der Waals surface area (Å²) in [5.41, 5.74) is -0.703. The number of amides is 2. The molecule has 0 spiro atoms. The summed E-state index contributed by atoms with van der Waals surface area (Å²) in [6.45, 7) is 4.78. The summed E-state index contributed by atoms with van der Waals surface area (Å²) in [4.78, 5) is 44.0. The lowest BCUT2D eigenvalue weighted by Crippen LogP contribution is -2.51. The number of anilines is 2. The highest BCUT2D eigenvalue weighted by Gasteiger charge is 2.25. The van der Waals surface area contributed by atoms with Gasteiger partial charge >= 0.3 is 11.8 Å². The molecule has 214 valence electrons. The first-order valence-electron chi connectivity index (χ1n) is 11.9. The summed E-state index contributed by atoms with van der Waals surface area (Å²) < 4.78 is 30.6. The Labute approximate surface area is 237 Å². The minimum Gasteiger partial charge on any atom is -0.485 e. The molecule has 1 heterocycles. The van der Waals surface area contributed by atoms with Crippen LogP contribution in [0.1, 0.15) is 20.8 Å². The molecule has 0 radical (unpaired) electrons. The normalized spacial score (nSPS) is 11.9. The van der Waals surface area contributed by atoms with E-state index in [2.05, 4.69) is 41.8 Å². The Morgan fingerprint density at radius 2 is 1.95 bits per heavy atom. The Morgan fingerprint density at radius 3 is 2.60 bits per heavy atom. The van der Waals surface area contributed by atoms with Crippen molar-refractivity contribution in [1.82, 2.24) is 20.6 Å². The number of carbonyl (C=O) groups is 2. The van der Waals surface area contributed by atoms with Gasteiger partial charge in [0.2, 0.25) is 5.91 Å². The van der Waals surface area contributed by atoms with Gasteiger partial charge in [0.15, 0.2) is 5.75 Å². The Balaban J connectivity index is 1.70. The third-order valence-electron chi connectivity index (χ3n) is 5.10. The molecule has 13 nitrogen and oxygen atoms in total. The van der Waals surface area contributed by atoms with E-state index in [0.29, 0.717) is 9.99 Å². The summed E-state index contributed by atoms with van der Waals surface area (Å²) in [6, 6.07) is 5.94. The van der Waals surface area contributed by atoms with Crippen LogP contribution in [0.25, 0.3) is 10.9 Å². The van der Waals surface area contributed by atoms with Crippen molar-refractivity contribution >= 4 is 56.0 Å². The van der Waals surface area contributed by atoms with Gasteiger partial charge in [0, 0.05) is 23.7 Å². The molecule has 0 saturated carbocycles. The number of nitro benzene ring substituents is 1. The first-order chi connectivity index (χ1) is 18.9. The molecule has 2 aromatic carbocycles. The van der Waals surface area contributed by atoms with E-state index in [4.69, 9.17) is 14.2 Å². The molecule has 3 rings (SSSR count). The topological polar surface area (TPSA) is 167 Å².